The second-order valence-electron chi connectivity index (χ2n) is 4.77. The molecule has 106 valence electrons. The molecule has 0 atom stereocenters. The molecule has 0 aromatic heterocycles. The van der Waals surface area contributed by atoms with Gasteiger partial charge in [-0.3, -0.25) is 4.79 Å². The number of nitrogens with one attached hydrogen (secondary N) is 1. The summed E-state index contributed by atoms with van der Waals surface area (Å²) in [5, 5.41) is 2.43. The summed E-state index contributed by atoms with van der Waals surface area (Å²) >= 11 is 0. The molecule has 0 unspecified atom stereocenters. The minimum atomic E-state index is -4.71. The summed E-state index contributed by atoms with van der Waals surface area (Å²) in [5.41, 5.74) is 3.00. The largest absolute Gasteiger partial charge is 0.416 e. The number of carbonyl (C=O) groups is 1. The molecule has 0 saturated heterocycles. The van der Waals surface area contributed by atoms with Gasteiger partial charge in [-0.25, -0.2) is 4.39 Å². The van der Waals surface area contributed by atoms with Crippen LogP contribution < -0.4 is 11.1 Å². The topological polar surface area (TPSA) is 55.1 Å². The molecule has 0 heterocycles. The number of hydrogen-bond acceptors (Lipinski definition) is 2. The summed E-state index contributed by atoms with van der Waals surface area (Å²) in [7, 11) is 0. The van der Waals surface area contributed by atoms with Crippen molar-refractivity contribution in [2.75, 3.05) is 6.54 Å². The number of amides is 1. The molecule has 1 aromatic rings. The van der Waals surface area contributed by atoms with Crippen LogP contribution in [0.1, 0.15) is 29.8 Å². The van der Waals surface area contributed by atoms with E-state index in [0.29, 0.717) is 12.1 Å². The predicted molar refractivity (Wildman–Crippen MR) is 62.0 cm³/mol. The lowest BCUT2D eigenvalue weighted by molar-refractivity contribution is -0.137. The van der Waals surface area contributed by atoms with Crippen molar-refractivity contribution in [1.29, 1.82) is 0 Å². The van der Waals surface area contributed by atoms with Crippen LogP contribution in [0.15, 0.2) is 18.2 Å². The molecule has 3 nitrogen and oxygen atoms in total. The highest BCUT2D eigenvalue weighted by molar-refractivity contribution is 5.94. The van der Waals surface area contributed by atoms with Crippen LogP contribution in [0, 0.1) is 5.82 Å². The number of nitrogens with two attached hydrogens (primary N) is 1. The van der Waals surface area contributed by atoms with E-state index in [1.54, 1.807) is 13.8 Å². The molecule has 0 fully saturated rings. The molecule has 0 spiro atoms. The second kappa shape index (κ2) is 5.16. The van der Waals surface area contributed by atoms with Crippen molar-refractivity contribution in [3.05, 3.63) is 35.1 Å². The van der Waals surface area contributed by atoms with Gasteiger partial charge < -0.3 is 11.1 Å². The second-order valence-corrected chi connectivity index (χ2v) is 4.77. The van der Waals surface area contributed by atoms with Crippen LogP contribution >= 0.6 is 0 Å². The van der Waals surface area contributed by atoms with E-state index in [1.807, 2.05) is 0 Å². The molecule has 0 aliphatic heterocycles. The lowest BCUT2D eigenvalue weighted by Gasteiger charge is -2.24. The molecular formula is C12H14F4N2O. The molecule has 19 heavy (non-hydrogen) atoms. The molecule has 0 aliphatic carbocycles. The summed E-state index contributed by atoms with van der Waals surface area (Å²) in [5.74, 6) is -1.93. The van der Waals surface area contributed by atoms with Gasteiger partial charge in [0.15, 0.2) is 0 Å². The fourth-order valence-corrected chi connectivity index (χ4v) is 1.31. The molecule has 0 saturated carbocycles. The smallest absolute Gasteiger partial charge is 0.346 e. The first-order valence-electron chi connectivity index (χ1n) is 5.45. The van der Waals surface area contributed by atoms with Crippen molar-refractivity contribution < 1.29 is 22.4 Å². The molecule has 3 N–H and O–H groups in total. The summed E-state index contributed by atoms with van der Waals surface area (Å²) in [6, 6.07) is 1.69. The Morgan fingerprint density at radius 1 is 1.26 bits per heavy atom. The van der Waals surface area contributed by atoms with Crippen LogP contribution in [0.3, 0.4) is 0 Å². The van der Waals surface area contributed by atoms with Gasteiger partial charge in [0.2, 0.25) is 0 Å². The Bertz CT molecular complexity index is 483. The summed E-state index contributed by atoms with van der Waals surface area (Å²) in [6.07, 6.45) is -4.71. The average Bonchev–Trinajstić information content (AvgIpc) is 2.26. The number of alkyl halides is 3. The van der Waals surface area contributed by atoms with Crippen molar-refractivity contribution in [2.45, 2.75) is 25.6 Å². The van der Waals surface area contributed by atoms with Crippen molar-refractivity contribution in [1.82, 2.24) is 5.32 Å². The highest BCUT2D eigenvalue weighted by Gasteiger charge is 2.32. The van der Waals surface area contributed by atoms with Gasteiger partial charge >= 0.3 is 6.18 Å². The van der Waals surface area contributed by atoms with E-state index in [2.05, 4.69) is 5.32 Å². The third-order valence-electron chi connectivity index (χ3n) is 2.45. The summed E-state index contributed by atoms with van der Waals surface area (Å²) in [4.78, 5) is 11.7. The van der Waals surface area contributed by atoms with Crippen molar-refractivity contribution in [3.8, 4) is 0 Å². The van der Waals surface area contributed by atoms with Gasteiger partial charge in [-0.15, -0.1) is 0 Å². The zero-order valence-corrected chi connectivity index (χ0v) is 10.4. The first kappa shape index (κ1) is 15.4. The van der Waals surface area contributed by atoms with Crippen LogP contribution in [0.5, 0.6) is 0 Å². The van der Waals surface area contributed by atoms with Crippen molar-refractivity contribution in [3.63, 3.8) is 0 Å². The van der Waals surface area contributed by atoms with E-state index in [-0.39, 0.29) is 6.54 Å². The maximum absolute atomic E-state index is 13.1. The zero-order valence-electron chi connectivity index (χ0n) is 10.4. The third kappa shape index (κ3) is 4.20. The van der Waals surface area contributed by atoms with Crippen LogP contribution in [0.4, 0.5) is 17.6 Å². The molecule has 7 heteroatoms. The Labute approximate surface area is 107 Å². The van der Waals surface area contributed by atoms with Gasteiger partial charge in [0.25, 0.3) is 5.91 Å². The van der Waals surface area contributed by atoms with Gasteiger partial charge in [0.1, 0.15) is 5.82 Å². The first-order valence-corrected chi connectivity index (χ1v) is 5.45. The van der Waals surface area contributed by atoms with Gasteiger partial charge in [-0.05, 0) is 32.0 Å². The number of halogens is 4. The Balaban J connectivity index is 3.08. The van der Waals surface area contributed by atoms with E-state index >= 15 is 0 Å². The van der Waals surface area contributed by atoms with Gasteiger partial charge in [-0.1, -0.05) is 0 Å². The summed E-state index contributed by atoms with van der Waals surface area (Å²) < 4.78 is 50.6. The molecule has 0 aliphatic rings. The number of benzene rings is 1. The van der Waals surface area contributed by atoms with Gasteiger partial charge in [0, 0.05) is 17.6 Å². The number of hydrogen-bond donors (Lipinski definition) is 2. The quantitative estimate of drug-likeness (QED) is 0.834. The Morgan fingerprint density at radius 3 is 2.32 bits per heavy atom. The standard InChI is InChI=1S/C12H14F4N2O/c1-11(2,6-17)18-10(19)7-3-8(12(14,15)16)5-9(13)4-7/h3-5H,6,17H2,1-2H3,(H,18,19). The Kier molecular flexibility index (Phi) is 4.19. The maximum atomic E-state index is 13.1. The average molecular weight is 278 g/mol. The fourth-order valence-electron chi connectivity index (χ4n) is 1.31. The minimum absolute atomic E-state index is 0.0974. The van der Waals surface area contributed by atoms with Crippen LogP contribution in [0.25, 0.3) is 0 Å². The highest BCUT2D eigenvalue weighted by Crippen LogP contribution is 2.30. The number of carbonyl (C=O) groups excluding carboxylic acids is 1. The molecule has 1 amide bonds. The highest BCUT2D eigenvalue weighted by atomic mass is 19.4. The lowest BCUT2D eigenvalue weighted by Crippen LogP contribution is -2.48. The Morgan fingerprint density at radius 2 is 1.84 bits per heavy atom. The maximum Gasteiger partial charge on any atom is 0.416 e. The predicted octanol–water partition coefficient (Wildman–Crippen LogP) is 2.31. The van der Waals surface area contributed by atoms with Crippen molar-refractivity contribution in [2.24, 2.45) is 5.73 Å². The van der Waals surface area contributed by atoms with Crippen LogP contribution in [-0.2, 0) is 6.18 Å². The van der Waals surface area contributed by atoms with Crippen LogP contribution in [-0.4, -0.2) is 18.0 Å². The molecule has 1 aromatic carbocycles. The fraction of sp³-hybridized carbons (Fsp3) is 0.417. The van der Waals surface area contributed by atoms with E-state index < -0.39 is 34.6 Å². The monoisotopic (exact) mass is 278 g/mol. The molecule has 0 bridgehead atoms. The molecule has 1 rings (SSSR count). The lowest BCUT2D eigenvalue weighted by atomic mass is 10.0. The van der Waals surface area contributed by atoms with E-state index in [4.69, 9.17) is 5.73 Å². The minimum Gasteiger partial charge on any atom is -0.346 e. The van der Waals surface area contributed by atoms with E-state index in [0.717, 1.165) is 6.07 Å². The molecule has 0 radical (unpaired) electrons. The molecular weight excluding hydrogens is 264 g/mol. The van der Waals surface area contributed by atoms with Gasteiger partial charge in [-0.2, -0.15) is 13.2 Å². The van der Waals surface area contributed by atoms with Crippen molar-refractivity contribution >= 4 is 5.91 Å². The third-order valence-corrected chi connectivity index (χ3v) is 2.45. The Hall–Kier alpha value is -1.63. The van der Waals surface area contributed by atoms with Crippen LogP contribution in [0.2, 0.25) is 0 Å². The SMILES string of the molecule is CC(C)(CN)NC(=O)c1cc(F)cc(C(F)(F)F)c1. The van der Waals surface area contributed by atoms with E-state index in [1.165, 1.54) is 0 Å². The normalized spacial score (nSPS) is 12.4. The van der Waals surface area contributed by atoms with E-state index in [9.17, 15) is 22.4 Å². The number of rotatable bonds is 3. The van der Waals surface area contributed by atoms with Gasteiger partial charge in [0.05, 0.1) is 5.56 Å². The zero-order chi connectivity index (χ0) is 14.8. The summed E-state index contributed by atoms with van der Waals surface area (Å²) in [6.45, 7) is 3.31. The first-order chi connectivity index (χ1) is 8.55.